The van der Waals surface area contributed by atoms with E-state index in [0.29, 0.717) is 16.4 Å². The Morgan fingerprint density at radius 2 is 2.04 bits per heavy atom. The van der Waals surface area contributed by atoms with Gasteiger partial charge in [0, 0.05) is 0 Å². The maximum absolute atomic E-state index is 12.9. The zero-order chi connectivity index (χ0) is 18.3. The maximum Gasteiger partial charge on any atom is 0.282 e. The number of aromatic nitrogens is 1. The third-order valence-electron chi connectivity index (χ3n) is 4.01. The number of anilines is 1. The average Bonchev–Trinajstić information content (AvgIpc) is 3.18. The molecule has 1 aliphatic heterocycles. The molecule has 3 aromatic rings. The van der Waals surface area contributed by atoms with Crippen LogP contribution in [-0.4, -0.2) is 23.7 Å². The molecule has 0 fully saturated rings. The van der Waals surface area contributed by atoms with Crippen LogP contribution in [0.25, 0.3) is 16.3 Å². The molecule has 0 N–H and O–H groups in total. The monoisotopic (exact) mass is 427 g/mol. The summed E-state index contributed by atoms with van der Waals surface area (Å²) in [5, 5.41) is 6.37. The Morgan fingerprint density at radius 1 is 1.23 bits per heavy atom. The van der Waals surface area contributed by atoms with Gasteiger partial charge in [-0.3, -0.25) is 4.79 Å². The van der Waals surface area contributed by atoms with Gasteiger partial charge in [-0.15, -0.1) is 0 Å². The van der Waals surface area contributed by atoms with Crippen LogP contribution in [0.15, 0.2) is 57.6 Å². The number of hydrazone groups is 1. The normalized spacial score (nSPS) is 15.8. The molecule has 2 aromatic carbocycles. The van der Waals surface area contributed by atoms with Gasteiger partial charge in [-0.2, -0.15) is 10.1 Å². The van der Waals surface area contributed by atoms with Crippen molar-refractivity contribution < 1.29 is 9.53 Å². The number of ether oxygens (including phenoxy) is 1. The lowest BCUT2D eigenvalue weighted by Crippen LogP contribution is -2.21. The molecule has 130 valence electrons. The van der Waals surface area contributed by atoms with Crippen LogP contribution < -0.4 is 9.75 Å². The fraction of sp³-hybridized carbons (Fsp3) is 0.105. The zero-order valence-corrected chi connectivity index (χ0v) is 16.5. The number of amides is 1. The van der Waals surface area contributed by atoms with E-state index >= 15 is 0 Å². The summed E-state index contributed by atoms with van der Waals surface area (Å²) in [4.78, 5) is 17.4. The van der Waals surface area contributed by atoms with Gasteiger partial charge in [0.25, 0.3) is 5.91 Å². The van der Waals surface area contributed by atoms with Crippen molar-refractivity contribution in [1.82, 2.24) is 4.98 Å². The van der Waals surface area contributed by atoms with Gasteiger partial charge < -0.3 is 4.74 Å². The number of hydrogen-bond donors (Lipinski definition) is 0. The third-order valence-corrected chi connectivity index (χ3v) is 5.64. The summed E-state index contributed by atoms with van der Waals surface area (Å²) in [7, 11) is 1.62. The molecule has 26 heavy (non-hydrogen) atoms. The molecule has 1 amide bonds. The average molecular weight is 428 g/mol. The van der Waals surface area contributed by atoms with E-state index in [4.69, 9.17) is 4.74 Å². The van der Waals surface area contributed by atoms with Crippen molar-refractivity contribution >= 4 is 60.3 Å². The highest BCUT2D eigenvalue weighted by Crippen LogP contribution is 2.33. The molecule has 1 aromatic heterocycles. The summed E-state index contributed by atoms with van der Waals surface area (Å²) >= 11 is 4.92. The number of thiazole rings is 1. The molecule has 4 rings (SSSR count). The number of para-hydroxylation sites is 1. The highest BCUT2D eigenvalue weighted by Gasteiger charge is 2.30. The number of carbonyl (C=O) groups is 1. The van der Waals surface area contributed by atoms with Gasteiger partial charge in [0.05, 0.1) is 33.1 Å². The summed E-state index contributed by atoms with van der Waals surface area (Å²) in [6.45, 7) is 1.83. The van der Waals surface area contributed by atoms with Crippen LogP contribution >= 0.6 is 27.3 Å². The van der Waals surface area contributed by atoms with Crippen molar-refractivity contribution in [2.75, 3.05) is 12.1 Å². The lowest BCUT2D eigenvalue weighted by molar-refractivity contribution is -0.114. The Morgan fingerprint density at radius 3 is 2.77 bits per heavy atom. The molecule has 0 atom stereocenters. The van der Waals surface area contributed by atoms with Crippen LogP contribution in [0.4, 0.5) is 5.13 Å². The molecule has 2 heterocycles. The second-order valence-electron chi connectivity index (χ2n) is 5.72. The van der Waals surface area contributed by atoms with Gasteiger partial charge in [-0.05, 0) is 58.8 Å². The van der Waals surface area contributed by atoms with E-state index < -0.39 is 0 Å². The lowest BCUT2D eigenvalue weighted by atomic mass is 10.1. The first-order chi connectivity index (χ1) is 12.6. The summed E-state index contributed by atoms with van der Waals surface area (Å²) in [5.74, 6) is 0.569. The summed E-state index contributed by atoms with van der Waals surface area (Å²) in [6, 6.07) is 13.5. The standard InChI is InChI=1S/C19H14BrN3O2S/c1-11-13(9-12-7-8-16(25-2)14(20)10-12)18(24)23(22-11)19-21-15-5-3-4-6-17(15)26-19/h3-10H,1-2H3. The number of halogens is 1. The molecule has 0 unspecified atom stereocenters. The molecule has 7 heteroatoms. The molecule has 0 radical (unpaired) electrons. The van der Waals surface area contributed by atoms with Crippen LogP contribution in [0.1, 0.15) is 12.5 Å². The van der Waals surface area contributed by atoms with Gasteiger partial charge in [-0.25, -0.2) is 4.98 Å². The van der Waals surface area contributed by atoms with Crippen molar-refractivity contribution in [2.45, 2.75) is 6.92 Å². The smallest absolute Gasteiger partial charge is 0.282 e. The van der Waals surface area contributed by atoms with E-state index in [9.17, 15) is 4.79 Å². The van der Waals surface area contributed by atoms with Gasteiger partial charge >= 0.3 is 0 Å². The number of fused-ring (bicyclic) bond motifs is 1. The van der Waals surface area contributed by atoms with E-state index in [0.717, 1.165) is 26.0 Å². The van der Waals surface area contributed by atoms with E-state index in [2.05, 4.69) is 26.0 Å². The first kappa shape index (κ1) is 16.9. The molecule has 0 saturated heterocycles. The van der Waals surface area contributed by atoms with Crippen LogP contribution in [0.2, 0.25) is 0 Å². The highest BCUT2D eigenvalue weighted by molar-refractivity contribution is 9.10. The Labute approximate surface area is 162 Å². The predicted molar refractivity (Wildman–Crippen MR) is 109 cm³/mol. The number of carbonyl (C=O) groups excluding carboxylic acids is 1. The summed E-state index contributed by atoms with van der Waals surface area (Å²) in [6.07, 6.45) is 1.83. The van der Waals surface area contributed by atoms with Crippen molar-refractivity contribution in [3.63, 3.8) is 0 Å². The Hall–Kier alpha value is -2.51. The Bertz CT molecular complexity index is 1050. The van der Waals surface area contributed by atoms with E-state index in [-0.39, 0.29) is 5.91 Å². The van der Waals surface area contributed by atoms with Crippen molar-refractivity contribution in [1.29, 1.82) is 0 Å². The molecular weight excluding hydrogens is 414 g/mol. The van der Waals surface area contributed by atoms with Gasteiger partial charge in [0.2, 0.25) is 5.13 Å². The van der Waals surface area contributed by atoms with E-state index in [1.807, 2.05) is 55.5 Å². The zero-order valence-electron chi connectivity index (χ0n) is 14.1. The minimum absolute atomic E-state index is 0.173. The quantitative estimate of drug-likeness (QED) is 0.560. The Balaban J connectivity index is 1.68. The molecular formula is C19H14BrN3O2S. The van der Waals surface area contributed by atoms with Gasteiger partial charge in [-0.1, -0.05) is 29.5 Å². The summed E-state index contributed by atoms with van der Waals surface area (Å²) in [5.41, 5.74) is 2.98. The fourth-order valence-corrected chi connectivity index (χ4v) is 4.18. The van der Waals surface area contributed by atoms with Crippen LogP contribution in [0.3, 0.4) is 0 Å². The number of methoxy groups -OCH3 is 1. The van der Waals surface area contributed by atoms with Crippen molar-refractivity contribution in [3.8, 4) is 5.75 Å². The van der Waals surface area contributed by atoms with Crippen molar-refractivity contribution in [2.24, 2.45) is 5.10 Å². The molecule has 1 aliphatic rings. The third kappa shape index (κ3) is 2.93. The number of nitrogens with zero attached hydrogens (tertiary/aromatic N) is 3. The molecule has 0 bridgehead atoms. The van der Waals surface area contributed by atoms with E-state index in [1.165, 1.54) is 16.3 Å². The maximum atomic E-state index is 12.9. The number of benzene rings is 2. The minimum Gasteiger partial charge on any atom is -0.496 e. The summed E-state index contributed by atoms with van der Waals surface area (Å²) < 4.78 is 7.10. The predicted octanol–water partition coefficient (Wildman–Crippen LogP) is 4.87. The van der Waals surface area contributed by atoms with E-state index in [1.54, 1.807) is 7.11 Å². The van der Waals surface area contributed by atoms with Gasteiger partial charge in [0.15, 0.2) is 0 Å². The number of hydrogen-bond acceptors (Lipinski definition) is 5. The SMILES string of the molecule is COc1ccc(C=C2C(=O)N(c3nc4ccccc4s3)N=C2C)cc1Br. The molecule has 5 nitrogen and oxygen atoms in total. The van der Waals surface area contributed by atoms with Crippen molar-refractivity contribution in [3.05, 3.63) is 58.1 Å². The Kier molecular flexibility index (Phi) is 4.34. The first-order valence-corrected chi connectivity index (χ1v) is 9.48. The molecule has 0 spiro atoms. The van der Waals surface area contributed by atoms with Gasteiger partial charge in [0.1, 0.15) is 5.75 Å². The van der Waals surface area contributed by atoms with Crippen LogP contribution in [0.5, 0.6) is 5.75 Å². The number of rotatable bonds is 3. The highest BCUT2D eigenvalue weighted by atomic mass is 79.9. The molecule has 0 saturated carbocycles. The first-order valence-electron chi connectivity index (χ1n) is 7.87. The van der Waals surface area contributed by atoms with Crippen LogP contribution in [-0.2, 0) is 4.79 Å². The second-order valence-corrected chi connectivity index (χ2v) is 7.58. The second kappa shape index (κ2) is 6.66. The largest absolute Gasteiger partial charge is 0.496 e. The molecule has 0 aliphatic carbocycles. The fourth-order valence-electron chi connectivity index (χ4n) is 2.70. The minimum atomic E-state index is -0.173. The lowest BCUT2D eigenvalue weighted by Gasteiger charge is -2.07. The topological polar surface area (TPSA) is 54.8 Å². The van der Waals surface area contributed by atoms with Crippen LogP contribution in [0, 0.1) is 0 Å².